The number of carbonyl (C=O) groups is 1. The lowest BCUT2D eigenvalue weighted by atomic mass is 9.78. The summed E-state index contributed by atoms with van der Waals surface area (Å²) in [5.74, 6) is -0.434. The van der Waals surface area contributed by atoms with Gasteiger partial charge in [0.1, 0.15) is 16.4 Å². The number of nitrogens with zero attached hydrogens (tertiary/aromatic N) is 1. The predicted molar refractivity (Wildman–Crippen MR) is 149 cm³/mol. The molecule has 5 rings (SSSR count). The van der Waals surface area contributed by atoms with Crippen LogP contribution in [0.15, 0.2) is 83.9 Å². The molecule has 0 radical (unpaired) electrons. The summed E-state index contributed by atoms with van der Waals surface area (Å²) in [6, 6.07) is 21.1. The van der Waals surface area contributed by atoms with Gasteiger partial charge in [-0.15, -0.1) is 0 Å². The van der Waals surface area contributed by atoms with Crippen LogP contribution < -0.4 is 4.72 Å². The van der Waals surface area contributed by atoms with E-state index in [0.29, 0.717) is 5.69 Å². The van der Waals surface area contributed by atoms with E-state index in [1.165, 1.54) is 24.4 Å². The molecule has 0 fully saturated rings. The molecule has 1 aliphatic rings. The molecule has 0 bridgehead atoms. The molecule has 3 N–H and O–H groups in total. The van der Waals surface area contributed by atoms with Crippen molar-refractivity contribution in [2.45, 2.75) is 50.0 Å². The Morgan fingerprint density at radius 3 is 2.56 bits per heavy atom. The monoisotopic (exact) mass is 542 g/mol. The Morgan fingerprint density at radius 2 is 1.82 bits per heavy atom. The standard InChI is InChI=1S/C31H30N2O5S/c1-20-14-26(39(37,38)33-18-21-6-3-2-4-7-21)19-32-31(20)24-10-12-27-22(15-24)8-5-9-23(27)16-29(35)28-13-11-25(34)17-30(28)36/h2-4,6-7,10-15,17,19,23,33-34,36H,5,8-9,16,18H2,1H3. The zero-order valence-electron chi connectivity index (χ0n) is 21.6. The number of fused-ring (bicyclic) bond motifs is 1. The smallest absolute Gasteiger partial charge is 0.242 e. The second-order valence-electron chi connectivity index (χ2n) is 9.98. The van der Waals surface area contributed by atoms with Gasteiger partial charge in [-0.1, -0.05) is 42.5 Å². The Balaban J connectivity index is 1.34. The van der Waals surface area contributed by atoms with Crippen LogP contribution in [0.1, 0.15) is 57.8 Å². The lowest BCUT2D eigenvalue weighted by Gasteiger charge is -2.26. The fourth-order valence-corrected chi connectivity index (χ4v) is 6.27. The maximum Gasteiger partial charge on any atom is 0.242 e. The molecule has 8 heteroatoms. The average molecular weight is 543 g/mol. The van der Waals surface area contributed by atoms with Gasteiger partial charge >= 0.3 is 0 Å². The van der Waals surface area contributed by atoms with Gasteiger partial charge in [0.2, 0.25) is 10.0 Å². The fraction of sp³-hybridized carbons (Fsp3) is 0.226. The topological polar surface area (TPSA) is 117 Å². The Bertz CT molecular complexity index is 1630. The highest BCUT2D eigenvalue weighted by molar-refractivity contribution is 7.89. The van der Waals surface area contributed by atoms with Gasteiger partial charge in [0.25, 0.3) is 0 Å². The van der Waals surface area contributed by atoms with Crippen molar-refractivity contribution in [2.24, 2.45) is 0 Å². The molecule has 3 aromatic carbocycles. The third-order valence-electron chi connectivity index (χ3n) is 7.24. The van der Waals surface area contributed by atoms with Crippen LogP contribution in [0.5, 0.6) is 11.5 Å². The Morgan fingerprint density at radius 1 is 1.03 bits per heavy atom. The van der Waals surface area contributed by atoms with Crippen molar-refractivity contribution in [3.63, 3.8) is 0 Å². The summed E-state index contributed by atoms with van der Waals surface area (Å²) in [5, 5.41) is 19.6. The summed E-state index contributed by atoms with van der Waals surface area (Å²) < 4.78 is 28.3. The molecule has 0 saturated heterocycles. The highest BCUT2D eigenvalue weighted by atomic mass is 32.2. The Kier molecular flexibility index (Phi) is 7.50. The normalized spacial score (nSPS) is 15.1. The number of pyridine rings is 1. The van der Waals surface area contributed by atoms with Crippen molar-refractivity contribution in [2.75, 3.05) is 0 Å². The first kappa shape index (κ1) is 26.6. The van der Waals surface area contributed by atoms with Crippen LogP contribution in [-0.2, 0) is 23.0 Å². The zero-order valence-corrected chi connectivity index (χ0v) is 22.4. The maximum absolute atomic E-state index is 12.9. The highest BCUT2D eigenvalue weighted by Crippen LogP contribution is 2.38. The molecule has 1 atom stereocenters. The molecule has 1 heterocycles. The van der Waals surface area contributed by atoms with E-state index in [4.69, 9.17) is 0 Å². The molecule has 200 valence electrons. The zero-order chi connectivity index (χ0) is 27.6. The molecule has 1 unspecified atom stereocenters. The molecule has 0 aliphatic heterocycles. The maximum atomic E-state index is 12.9. The molecule has 0 saturated carbocycles. The Hall–Kier alpha value is -4.01. The van der Waals surface area contributed by atoms with Crippen LogP contribution in [0, 0.1) is 6.92 Å². The number of nitrogens with one attached hydrogen (secondary N) is 1. The number of benzene rings is 3. The van der Waals surface area contributed by atoms with Crippen LogP contribution >= 0.6 is 0 Å². The molecule has 0 spiro atoms. The molecule has 39 heavy (non-hydrogen) atoms. The number of aryl methyl sites for hydroxylation is 2. The third-order valence-corrected chi connectivity index (χ3v) is 8.61. The van der Waals surface area contributed by atoms with Gasteiger partial charge in [-0.3, -0.25) is 9.78 Å². The van der Waals surface area contributed by atoms with Crippen LogP contribution in [0.2, 0.25) is 0 Å². The molecule has 1 aliphatic carbocycles. The van der Waals surface area contributed by atoms with E-state index in [1.807, 2.05) is 49.4 Å². The van der Waals surface area contributed by atoms with E-state index in [2.05, 4.69) is 15.8 Å². The number of sulfonamides is 1. The van der Waals surface area contributed by atoms with Gasteiger partial charge in [-0.05, 0) is 78.6 Å². The van der Waals surface area contributed by atoms with Crippen LogP contribution in [-0.4, -0.2) is 29.4 Å². The van der Waals surface area contributed by atoms with Crippen molar-refractivity contribution in [1.82, 2.24) is 9.71 Å². The number of rotatable bonds is 8. The quantitative estimate of drug-likeness (QED) is 0.248. The van der Waals surface area contributed by atoms with Crippen molar-refractivity contribution in [3.05, 3.63) is 107 Å². The minimum absolute atomic E-state index is 0.0285. The van der Waals surface area contributed by atoms with Gasteiger partial charge in [-0.25, -0.2) is 13.1 Å². The number of Topliss-reactive ketones (excluding diaryl/α,β-unsaturated/α-hetero) is 1. The SMILES string of the molecule is Cc1cc(S(=O)(=O)NCc2ccccc2)cnc1-c1ccc2c(c1)CCCC2CC(=O)c1ccc(O)cc1O. The van der Waals surface area contributed by atoms with Gasteiger partial charge < -0.3 is 10.2 Å². The summed E-state index contributed by atoms with van der Waals surface area (Å²) in [7, 11) is -3.72. The predicted octanol–water partition coefficient (Wildman–Crippen LogP) is 5.64. The number of phenolic OH excluding ortho intramolecular Hbond substituents is 2. The Labute approximate surface area is 228 Å². The summed E-state index contributed by atoms with van der Waals surface area (Å²) in [6.45, 7) is 2.05. The van der Waals surface area contributed by atoms with Crippen molar-refractivity contribution in [3.8, 4) is 22.8 Å². The third kappa shape index (κ3) is 5.87. The second kappa shape index (κ2) is 11.0. The molecular weight excluding hydrogens is 512 g/mol. The number of hydrogen-bond acceptors (Lipinski definition) is 6. The average Bonchev–Trinajstić information content (AvgIpc) is 2.92. The van der Waals surface area contributed by atoms with Crippen molar-refractivity contribution >= 4 is 15.8 Å². The van der Waals surface area contributed by atoms with E-state index in [-0.39, 0.29) is 46.6 Å². The molecule has 0 amide bonds. The highest BCUT2D eigenvalue weighted by Gasteiger charge is 2.25. The number of aromatic nitrogens is 1. The summed E-state index contributed by atoms with van der Waals surface area (Å²) in [5.41, 5.74) is 5.71. The second-order valence-corrected chi connectivity index (χ2v) is 11.7. The summed E-state index contributed by atoms with van der Waals surface area (Å²) in [6.07, 6.45) is 4.35. The number of hydrogen-bond donors (Lipinski definition) is 3. The van der Waals surface area contributed by atoms with Gasteiger partial charge in [0.15, 0.2) is 5.78 Å². The summed E-state index contributed by atoms with van der Waals surface area (Å²) in [4.78, 5) is 17.6. The van der Waals surface area contributed by atoms with E-state index < -0.39 is 10.0 Å². The van der Waals surface area contributed by atoms with E-state index in [0.717, 1.165) is 47.1 Å². The minimum atomic E-state index is -3.72. The molecule has 7 nitrogen and oxygen atoms in total. The fourth-order valence-electron chi connectivity index (χ4n) is 5.22. The first-order chi connectivity index (χ1) is 18.7. The number of aromatic hydroxyl groups is 2. The van der Waals surface area contributed by atoms with Crippen LogP contribution in [0.3, 0.4) is 0 Å². The largest absolute Gasteiger partial charge is 0.508 e. The lowest BCUT2D eigenvalue weighted by Crippen LogP contribution is -2.23. The molecule has 4 aromatic rings. The minimum Gasteiger partial charge on any atom is -0.508 e. The first-order valence-electron chi connectivity index (χ1n) is 12.9. The molecule has 1 aromatic heterocycles. The first-order valence-corrected chi connectivity index (χ1v) is 14.4. The summed E-state index contributed by atoms with van der Waals surface area (Å²) >= 11 is 0. The van der Waals surface area contributed by atoms with E-state index in [9.17, 15) is 23.4 Å². The molecular formula is C31H30N2O5S. The van der Waals surface area contributed by atoms with E-state index >= 15 is 0 Å². The van der Waals surface area contributed by atoms with Crippen LogP contribution in [0.25, 0.3) is 11.3 Å². The van der Waals surface area contributed by atoms with Gasteiger partial charge in [-0.2, -0.15) is 0 Å². The number of ketones is 1. The van der Waals surface area contributed by atoms with Gasteiger partial charge in [0, 0.05) is 30.8 Å². The lowest BCUT2D eigenvalue weighted by molar-refractivity contribution is 0.0968. The van der Waals surface area contributed by atoms with Gasteiger partial charge in [0.05, 0.1) is 11.3 Å². The number of phenols is 2. The van der Waals surface area contributed by atoms with Crippen molar-refractivity contribution < 1.29 is 23.4 Å². The van der Waals surface area contributed by atoms with Crippen molar-refractivity contribution in [1.29, 1.82) is 0 Å². The number of carbonyl (C=O) groups excluding carboxylic acids is 1. The van der Waals surface area contributed by atoms with Crippen LogP contribution in [0.4, 0.5) is 0 Å². The van der Waals surface area contributed by atoms with E-state index in [1.54, 1.807) is 6.07 Å².